The zero-order valence-corrected chi connectivity index (χ0v) is 5.98. The maximum atomic E-state index is 4.94. The number of fused-ring (bicyclic) bond motifs is 1. The van der Waals surface area contributed by atoms with E-state index in [1.807, 2.05) is 24.3 Å². The van der Waals surface area contributed by atoms with Crippen molar-refractivity contribution in [2.24, 2.45) is 0 Å². The van der Waals surface area contributed by atoms with Gasteiger partial charge in [-0.3, -0.25) is 5.10 Å². The number of aromatic nitrogens is 2. The molecule has 2 rings (SSSR count). The van der Waals surface area contributed by atoms with Crippen LogP contribution in [0.5, 0.6) is 0 Å². The summed E-state index contributed by atoms with van der Waals surface area (Å²) in [5.74, 6) is 0. The number of para-hydroxylation sites is 1. The number of hydrogen-bond acceptors (Lipinski definition) is 1. The molecular weight excluding hydrogens is 144 g/mol. The lowest BCUT2D eigenvalue weighted by Crippen LogP contribution is -1.63. The Kier molecular flexibility index (Phi) is 1.11. The van der Waals surface area contributed by atoms with Gasteiger partial charge in [0.25, 0.3) is 0 Å². The molecular formula is C7H5N2S. The maximum Gasteiger partial charge on any atom is 0.155 e. The topological polar surface area (TPSA) is 28.7 Å². The summed E-state index contributed by atoms with van der Waals surface area (Å²) in [6, 6.07) is 7.82. The molecule has 0 aliphatic rings. The van der Waals surface area contributed by atoms with E-state index in [1.165, 1.54) is 0 Å². The first-order chi connectivity index (χ1) is 4.88. The fraction of sp³-hybridized carbons (Fsp3) is 0. The smallest absolute Gasteiger partial charge is 0.155 e. The highest BCUT2D eigenvalue weighted by molar-refractivity contribution is 7.80. The fourth-order valence-electron chi connectivity index (χ4n) is 0.938. The second-order valence-electron chi connectivity index (χ2n) is 2.07. The highest BCUT2D eigenvalue weighted by atomic mass is 32.1. The zero-order chi connectivity index (χ0) is 6.97. The van der Waals surface area contributed by atoms with Gasteiger partial charge in [0.2, 0.25) is 0 Å². The number of rotatable bonds is 0. The van der Waals surface area contributed by atoms with Gasteiger partial charge in [-0.25, -0.2) is 0 Å². The number of nitrogens with zero attached hydrogens (tertiary/aromatic N) is 1. The van der Waals surface area contributed by atoms with E-state index in [9.17, 15) is 0 Å². The van der Waals surface area contributed by atoms with Crippen molar-refractivity contribution in [2.75, 3.05) is 0 Å². The Balaban J connectivity index is 2.93. The van der Waals surface area contributed by atoms with E-state index in [0.29, 0.717) is 5.03 Å². The minimum absolute atomic E-state index is 0.649. The third-order valence-electron chi connectivity index (χ3n) is 1.44. The molecule has 0 saturated carbocycles. The van der Waals surface area contributed by atoms with Gasteiger partial charge >= 0.3 is 0 Å². The normalized spacial score (nSPS) is 10.4. The SMILES string of the molecule is [S]c1n[nH]c2ccccc12. The molecule has 1 radical (unpaired) electrons. The van der Waals surface area contributed by atoms with Gasteiger partial charge in [0.1, 0.15) is 0 Å². The summed E-state index contributed by atoms with van der Waals surface area (Å²) >= 11 is 4.94. The minimum Gasteiger partial charge on any atom is -0.276 e. The molecule has 1 N–H and O–H groups in total. The highest BCUT2D eigenvalue weighted by Gasteiger charge is 1.98. The van der Waals surface area contributed by atoms with Gasteiger partial charge in [-0.15, -0.1) is 0 Å². The highest BCUT2D eigenvalue weighted by Crippen LogP contribution is 2.16. The van der Waals surface area contributed by atoms with E-state index >= 15 is 0 Å². The quantitative estimate of drug-likeness (QED) is 0.610. The minimum atomic E-state index is 0.649. The van der Waals surface area contributed by atoms with Gasteiger partial charge < -0.3 is 0 Å². The van der Waals surface area contributed by atoms with Crippen LogP contribution in [0.25, 0.3) is 10.9 Å². The molecule has 2 aromatic rings. The van der Waals surface area contributed by atoms with E-state index < -0.39 is 0 Å². The van der Waals surface area contributed by atoms with Gasteiger partial charge in [-0.1, -0.05) is 24.8 Å². The lowest BCUT2D eigenvalue weighted by Gasteiger charge is -1.83. The summed E-state index contributed by atoms with van der Waals surface area (Å²) in [5, 5.41) is 8.39. The van der Waals surface area contributed by atoms with E-state index in [1.54, 1.807) is 0 Å². The Labute approximate surface area is 63.7 Å². The van der Waals surface area contributed by atoms with E-state index in [-0.39, 0.29) is 0 Å². The van der Waals surface area contributed by atoms with Crippen molar-refractivity contribution in [3.05, 3.63) is 24.3 Å². The molecule has 1 aromatic carbocycles. The van der Waals surface area contributed by atoms with Crippen molar-refractivity contribution in [3.63, 3.8) is 0 Å². The lowest BCUT2D eigenvalue weighted by atomic mass is 10.3. The van der Waals surface area contributed by atoms with E-state index in [4.69, 9.17) is 12.6 Å². The Morgan fingerprint density at radius 2 is 2.10 bits per heavy atom. The van der Waals surface area contributed by atoms with Gasteiger partial charge in [0.05, 0.1) is 5.52 Å². The molecule has 0 saturated heterocycles. The van der Waals surface area contributed by atoms with Crippen molar-refractivity contribution >= 4 is 23.5 Å². The first-order valence-electron chi connectivity index (χ1n) is 2.98. The van der Waals surface area contributed by atoms with Crippen molar-refractivity contribution in [1.82, 2.24) is 10.2 Å². The van der Waals surface area contributed by atoms with Crippen LogP contribution in [0.2, 0.25) is 0 Å². The number of benzene rings is 1. The average molecular weight is 149 g/mol. The molecule has 0 atom stereocenters. The predicted octanol–water partition coefficient (Wildman–Crippen LogP) is 2.12. The summed E-state index contributed by atoms with van der Waals surface area (Å²) in [7, 11) is 0. The number of nitrogens with one attached hydrogen (secondary N) is 1. The first kappa shape index (κ1) is 5.68. The second-order valence-corrected chi connectivity index (χ2v) is 2.46. The molecule has 1 aromatic heterocycles. The Morgan fingerprint density at radius 3 is 2.90 bits per heavy atom. The summed E-state index contributed by atoms with van der Waals surface area (Å²) in [6.45, 7) is 0. The van der Waals surface area contributed by atoms with Crippen LogP contribution in [0.15, 0.2) is 29.3 Å². The van der Waals surface area contributed by atoms with E-state index in [2.05, 4.69) is 10.2 Å². The molecule has 0 aliphatic heterocycles. The molecule has 10 heavy (non-hydrogen) atoms. The molecule has 49 valence electrons. The summed E-state index contributed by atoms with van der Waals surface area (Å²) in [4.78, 5) is 0. The van der Waals surface area contributed by atoms with Crippen LogP contribution in [-0.2, 0) is 0 Å². The molecule has 1 heterocycles. The summed E-state index contributed by atoms with van der Waals surface area (Å²) in [5.41, 5.74) is 1.01. The maximum absolute atomic E-state index is 4.94. The third-order valence-corrected chi connectivity index (χ3v) is 1.75. The van der Waals surface area contributed by atoms with Gasteiger partial charge in [0.15, 0.2) is 5.03 Å². The van der Waals surface area contributed by atoms with E-state index in [0.717, 1.165) is 10.9 Å². The molecule has 0 aliphatic carbocycles. The second kappa shape index (κ2) is 1.95. The van der Waals surface area contributed by atoms with Crippen molar-refractivity contribution in [3.8, 4) is 0 Å². The fourth-order valence-corrected chi connectivity index (χ4v) is 1.16. The molecule has 0 unspecified atom stereocenters. The van der Waals surface area contributed by atoms with Crippen LogP contribution < -0.4 is 0 Å². The largest absolute Gasteiger partial charge is 0.276 e. The molecule has 0 spiro atoms. The van der Waals surface area contributed by atoms with Gasteiger partial charge in [0, 0.05) is 5.39 Å². The van der Waals surface area contributed by atoms with Crippen LogP contribution in [0, 0.1) is 0 Å². The standard InChI is InChI=1S/C7H5N2S/c10-7-5-3-1-2-4-6(5)8-9-7/h1-4H,(H,8,9). The van der Waals surface area contributed by atoms with Crippen molar-refractivity contribution < 1.29 is 0 Å². The Hall–Kier alpha value is -1.09. The third kappa shape index (κ3) is 0.675. The Bertz CT molecular complexity index is 353. The molecule has 0 amide bonds. The first-order valence-corrected chi connectivity index (χ1v) is 3.39. The zero-order valence-electron chi connectivity index (χ0n) is 5.16. The Morgan fingerprint density at radius 1 is 1.30 bits per heavy atom. The number of hydrogen-bond donors (Lipinski definition) is 1. The molecule has 0 fully saturated rings. The van der Waals surface area contributed by atoms with Crippen molar-refractivity contribution in [2.45, 2.75) is 5.03 Å². The van der Waals surface area contributed by atoms with Gasteiger partial charge in [-0.2, -0.15) is 5.10 Å². The van der Waals surface area contributed by atoms with Crippen LogP contribution in [0.4, 0.5) is 0 Å². The molecule has 3 heteroatoms. The number of H-pyrrole nitrogens is 1. The summed E-state index contributed by atoms with van der Waals surface area (Å²) in [6.07, 6.45) is 0. The molecule has 0 bridgehead atoms. The van der Waals surface area contributed by atoms with Crippen LogP contribution in [-0.4, -0.2) is 10.2 Å². The molecule has 2 nitrogen and oxygen atoms in total. The van der Waals surface area contributed by atoms with Gasteiger partial charge in [-0.05, 0) is 12.1 Å². The number of aromatic amines is 1. The van der Waals surface area contributed by atoms with Crippen molar-refractivity contribution in [1.29, 1.82) is 0 Å². The average Bonchev–Trinajstić information content (AvgIpc) is 2.34. The lowest BCUT2D eigenvalue weighted by molar-refractivity contribution is 1.03. The predicted molar refractivity (Wildman–Crippen MR) is 42.0 cm³/mol. The summed E-state index contributed by atoms with van der Waals surface area (Å²) < 4.78 is 0. The monoisotopic (exact) mass is 149 g/mol. The van der Waals surface area contributed by atoms with Crippen LogP contribution >= 0.6 is 12.6 Å². The van der Waals surface area contributed by atoms with Crippen LogP contribution in [0.1, 0.15) is 0 Å². The van der Waals surface area contributed by atoms with Crippen LogP contribution in [0.3, 0.4) is 0 Å².